The molecule has 0 unspecified atom stereocenters. The number of anilines is 2. The summed E-state index contributed by atoms with van der Waals surface area (Å²) >= 11 is 0. The number of benzene rings is 1. The topological polar surface area (TPSA) is 269 Å². The molecular formula is C30H31N9O8S2. The van der Waals surface area contributed by atoms with E-state index in [4.69, 9.17) is 16.2 Å². The molecule has 4 rings (SSSR count). The highest BCUT2D eigenvalue weighted by Gasteiger charge is 2.26. The van der Waals surface area contributed by atoms with Gasteiger partial charge in [0.15, 0.2) is 27.8 Å². The van der Waals surface area contributed by atoms with Gasteiger partial charge in [-0.3, -0.25) is 24.5 Å². The van der Waals surface area contributed by atoms with Crippen molar-refractivity contribution in [1.29, 1.82) is 0 Å². The second-order valence-electron chi connectivity index (χ2n) is 10.5. The molecule has 49 heavy (non-hydrogen) atoms. The Morgan fingerprint density at radius 1 is 1.06 bits per heavy atom. The molecule has 1 aromatic carbocycles. The fraction of sp³-hybridized carbons (Fsp3) is 0.300. The molecule has 19 heteroatoms. The zero-order valence-electron chi connectivity index (χ0n) is 26.0. The number of carboxylic acids is 1. The molecule has 4 aromatic rings. The molecular weight excluding hydrogens is 679 g/mol. The lowest BCUT2D eigenvalue weighted by Gasteiger charge is -2.17. The molecule has 256 valence electrons. The van der Waals surface area contributed by atoms with Gasteiger partial charge in [0.25, 0.3) is 0 Å². The summed E-state index contributed by atoms with van der Waals surface area (Å²) in [5.74, 6) is -4.04. The van der Waals surface area contributed by atoms with Gasteiger partial charge < -0.3 is 26.6 Å². The fourth-order valence-electron chi connectivity index (χ4n) is 4.51. The van der Waals surface area contributed by atoms with Crippen LogP contribution in [0.25, 0.3) is 11.2 Å². The normalized spacial score (nSPS) is 12.2. The zero-order valence-corrected chi connectivity index (χ0v) is 27.6. The standard InChI is InChI=1S/C30H31N9O8S2/c1-47-29(44)20(15-48-49-27-21(39(45)46)3-2-12-33-27)36-23(41)11-9-18(28(42)43)13-22(40)17-7-4-16(5-8-17)6-10-19-14-34-26-24(35-19)25(31)37-30(32)38-26/h2-5,7-8,12,14,18,20H,6,9-11,13,15H2,1H3,(H,36,41)(H,42,43)(H4,31,32,34,37,38)/t18-,20+/m1/s1. The first kappa shape index (κ1) is 36.4. The van der Waals surface area contributed by atoms with Crippen LogP contribution in [-0.2, 0) is 32.0 Å². The van der Waals surface area contributed by atoms with E-state index in [0.717, 1.165) is 34.3 Å². The van der Waals surface area contributed by atoms with Crippen molar-refractivity contribution in [2.45, 2.75) is 43.2 Å². The number of nitrogens with zero attached hydrogens (tertiary/aromatic N) is 6. The van der Waals surface area contributed by atoms with E-state index in [0.29, 0.717) is 35.3 Å². The number of hydrogen-bond donors (Lipinski definition) is 4. The molecule has 0 saturated carbocycles. The molecule has 0 fully saturated rings. The summed E-state index contributed by atoms with van der Waals surface area (Å²) < 4.78 is 4.76. The number of ketones is 1. The number of nitrogen functional groups attached to an aromatic ring is 2. The molecule has 0 bridgehead atoms. The van der Waals surface area contributed by atoms with Crippen LogP contribution in [0.4, 0.5) is 17.5 Å². The number of aryl methyl sites for hydroxylation is 2. The minimum Gasteiger partial charge on any atom is -0.481 e. The van der Waals surface area contributed by atoms with Crippen LogP contribution in [0.15, 0.2) is 53.8 Å². The van der Waals surface area contributed by atoms with E-state index in [-0.39, 0.29) is 47.5 Å². The highest BCUT2D eigenvalue weighted by molar-refractivity contribution is 8.76. The number of ether oxygens (including phenoxy) is 1. The maximum atomic E-state index is 13.0. The maximum Gasteiger partial charge on any atom is 0.329 e. The molecule has 0 aliphatic heterocycles. The monoisotopic (exact) mass is 709 g/mol. The maximum absolute atomic E-state index is 13.0. The van der Waals surface area contributed by atoms with E-state index in [1.807, 2.05) is 0 Å². The van der Waals surface area contributed by atoms with Crippen LogP contribution in [-0.4, -0.2) is 77.5 Å². The van der Waals surface area contributed by atoms with Gasteiger partial charge in [-0.2, -0.15) is 9.97 Å². The summed E-state index contributed by atoms with van der Waals surface area (Å²) in [7, 11) is 3.15. The van der Waals surface area contributed by atoms with Gasteiger partial charge >= 0.3 is 17.6 Å². The van der Waals surface area contributed by atoms with E-state index in [9.17, 15) is 34.4 Å². The highest BCUT2D eigenvalue weighted by atomic mass is 33.1. The van der Waals surface area contributed by atoms with Crippen molar-refractivity contribution in [1.82, 2.24) is 30.2 Å². The number of aliphatic carboxylic acids is 1. The van der Waals surface area contributed by atoms with Gasteiger partial charge in [0.2, 0.25) is 11.9 Å². The number of esters is 1. The van der Waals surface area contributed by atoms with Gasteiger partial charge in [-0.25, -0.2) is 19.7 Å². The summed E-state index contributed by atoms with van der Waals surface area (Å²) in [6.07, 6.45) is 3.29. The Bertz CT molecular complexity index is 1860. The molecule has 17 nitrogen and oxygen atoms in total. The predicted octanol–water partition coefficient (Wildman–Crippen LogP) is 2.82. The number of nitro groups is 1. The van der Waals surface area contributed by atoms with Gasteiger partial charge in [0.1, 0.15) is 6.04 Å². The van der Waals surface area contributed by atoms with Gasteiger partial charge in [0.05, 0.1) is 29.8 Å². The number of hydrogen-bond acceptors (Lipinski definition) is 16. The quantitative estimate of drug-likeness (QED) is 0.0403. The molecule has 3 heterocycles. The summed E-state index contributed by atoms with van der Waals surface area (Å²) in [5, 5.41) is 23.6. The van der Waals surface area contributed by atoms with Crippen molar-refractivity contribution in [2.75, 3.05) is 24.3 Å². The Hall–Kier alpha value is -5.43. The molecule has 0 saturated heterocycles. The number of Topliss-reactive ketones (excluding diaryl/α,β-unsaturated/α-hetero) is 1. The lowest BCUT2D eigenvalue weighted by Crippen LogP contribution is -2.43. The largest absolute Gasteiger partial charge is 0.481 e. The van der Waals surface area contributed by atoms with Crippen LogP contribution in [0.1, 0.15) is 40.9 Å². The van der Waals surface area contributed by atoms with Crippen molar-refractivity contribution in [2.24, 2.45) is 5.92 Å². The molecule has 6 N–H and O–H groups in total. The third kappa shape index (κ3) is 10.3. The molecule has 0 radical (unpaired) electrons. The third-order valence-electron chi connectivity index (χ3n) is 7.09. The number of rotatable bonds is 17. The van der Waals surface area contributed by atoms with E-state index in [2.05, 4.69) is 30.2 Å². The zero-order chi connectivity index (χ0) is 35.5. The average Bonchev–Trinajstić information content (AvgIpc) is 3.08. The first-order valence-electron chi connectivity index (χ1n) is 14.6. The number of methoxy groups -OCH3 is 1. The lowest BCUT2D eigenvalue weighted by molar-refractivity contribution is -0.388. The second-order valence-corrected chi connectivity index (χ2v) is 12.8. The molecule has 3 aromatic heterocycles. The lowest BCUT2D eigenvalue weighted by atomic mass is 9.93. The van der Waals surface area contributed by atoms with E-state index in [1.165, 1.54) is 18.3 Å². The number of aromatic nitrogens is 5. The van der Waals surface area contributed by atoms with Crippen LogP contribution < -0.4 is 16.8 Å². The van der Waals surface area contributed by atoms with Crippen molar-refractivity contribution >= 4 is 73.8 Å². The Balaban J connectivity index is 1.27. The number of nitrogens with two attached hydrogens (primary N) is 2. The van der Waals surface area contributed by atoms with Gasteiger partial charge in [-0.1, -0.05) is 35.1 Å². The number of carbonyl (C=O) groups excluding carboxylic acids is 3. The Kier molecular flexibility index (Phi) is 12.7. The SMILES string of the molecule is COC(=O)[C@H](CSSc1ncccc1[N+](=O)[O-])NC(=O)CC[C@H](CC(=O)c1ccc(CCc2cnc3nc(N)nc(N)c3n2)cc1)C(=O)O. The summed E-state index contributed by atoms with van der Waals surface area (Å²) in [5.41, 5.74) is 13.8. The second kappa shape index (κ2) is 17.1. The first-order valence-corrected chi connectivity index (χ1v) is 16.9. The Morgan fingerprint density at radius 2 is 1.82 bits per heavy atom. The predicted molar refractivity (Wildman–Crippen MR) is 180 cm³/mol. The van der Waals surface area contributed by atoms with Crippen molar-refractivity contribution in [3.05, 3.63) is 75.7 Å². The summed E-state index contributed by atoms with van der Waals surface area (Å²) in [6.45, 7) is 0. The molecule has 0 spiro atoms. The number of fused-ring (bicyclic) bond motifs is 1. The summed E-state index contributed by atoms with van der Waals surface area (Å²) in [4.78, 5) is 81.1. The number of carbonyl (C=O) groups is 4. The molecule has 0 aliphatic rings. The molecule has 2 atom stereocenters. The van der Waals surface area contributed by atoms with Crippen molar-refractivity contribution in [3.63, 3.8) is 0 Å². The van der Waals surface area contributed by atoms with Crippen LogP contribution in [0.5, 0.6) is 0 Å². The van der Waals surface area contributed by atoms with Crippen LogP contribution >= 0.6 is 21.6 Å². The first-order chi connectivity index (χ1) is 23.4. The van der Waals surface area contributed by atoms with Gasteiger partial charge in [0, 0.05) is 36.4 Å². The van der Waals surface area contributed by atoms with Crippen molar-refractivity contribution < 1.29 is 33.9 Å². The average molecular weight is 710 g/mol. The minimum absolute atomic E-state index is 0.00689. The number of nitrogens with one attached hydrogen (secondary N) is 1. The number of amides is 1. The number of carboxylic acid groups (broad SMARTS) is 1. The van der Waals surface area contributed by atoms with Crippen LogP contribution in [0.2, 0.25) is 0 Å². The van der Waals surface area contributed by atoms with Gasteiger partial charge in [-0.05, 0) is 41.7 Å². The highest BCUT2D eigenvalue weighted by Crippen LogP contribution is 2.35. The number of pyridine rings is 1. The molecule has 0 aliphatic carbocycles. The Morgan fingerprint density at radius 3 is 2.51 bits per heavy atom. The smallest absolute Gasteiger partial charge is 0.329 e. The van der Waals surface area contributed by atoms with Crippen LogP contribution in [0.3, 0.4) is 0 Å². The molecule has 1 amide bonds. The Labute approximate surface area is 286 Å². The van der Waals surface area contributed by atoms with E-state index in [1.54, 1.807) is 30.5 Å². The van der Waals surface area contributed by atoms with Gasteiger partial charge in [-0.15, -0.1) is 0 Å². The van der Waals surface area contributed by atoms with Crippen LogP contribution in [0, 0.1) is 16.0 Å². The minimum atomic E-state index is -1.24. The summed E-state index contributed by atoms with van der Waals surface area (Å²) in [6, 6.07) is 8.36. The van der Waals surface area contributed by atoms with E-state index < -0.39 is 40.5 Å². The fourth-order valence-corrected chi connectivity index (χ4v) is 6.71. The van der Waals surface area contributed by atoms with Crippen molar-refractivity contribution in [3.8, 4) is 0 Å². The third-order valence-corrected chi connectivity index (χ3v) is 9.38. The van der Waals surface area contributed by atoms with E-state index >= 15 is 0 Å².